The van der Waals surface area contributed by atoms with E-state index < -0.39 is 18.2 Å². The Balaban J connectivity index is 3.82. The zero-order valence-electron chi connectivity index (χ0n) is 15.8. The van der Waals surface area contributed by atoms with Crippen molar-refractivity contribution in [2.75, 3.05) is 0 Å². The summed E-state index contributed by atoms with van der Waals surface area (Å²) in [5.74, 6) is -0.777. The molecule has 0 saturated carbocycles. The number of aliphatic carboxylic acids is 1. The molecule has 0 aromatic rings. The van der Waals surface area contributed by atoms with E-state index in [2.05, 4.69) is 6.92 Å². The molecular formula is C22H34O4. The average molecular weight is 363 g/mol. The van der Waals surface area contributed by atoms with Gasteiger partial charge in [-0.2, -0.15) is 0 Å². The number of rotatable bonds is 15. The van der Waals surface area contributed by atoms with E-state index in [1.54, 1.807) is 18.2 Å². The lowest BCUT2D eigenvalue weighted by Crippen LogP contribution is -2.03. The highest BCUT2D eigenvalue weighted by Crippen LogP contribution is 2.05. The van der Waals surface area contributed by atoms with Crippen molar-refractivity contribution in [3.05, 3.63) is 60.8 Å². The summed E-state index contributed by atoms with van der Waals surface area (Å²) in [4.78, 5) is 10.3. The molecule has 2 unspecified atom stereocenters. The number of allylic oxidation sites excluding steroid dienone is 7. The molecule has 3 N–H and O–H groups in total. The molecule has 146 valence electrons. The Morgan fingerprint density at radius 1 is 0.885 bits per heavy atom. The summed E-state index contributed by atoms with van der Waals surface area (Å²) in [6, 6.07) is 0. The summed E-state index contributed by atoms with van der Waals surface area (Å²) in [5.41, 5.74) is 0. The summed E-state index contributed by atoms with van der Waals surface area (Å²) in [7, 11) is 0. The number of carboxylic acids is 1. The minimum absolute atomic E-state index is 0.167. The first kappa shape index (κ1) is 24.1. The summed E-state index contributed by atoms with van der Waals surface area (Å²) in [6.45, 7) is 2.14. The second kappa shape index (κ2) is 17.9. The standard InChI is InChI=1S/C22H34O4/c1-2-3-11-15-20(23)17-14-18-21(24)16-12-9-7-5-4-6-8-10-13-19-22(25)26/h4-5,7-10,12,14,16-17,20-21,23-24H,2-3,6,11,13,15,18-19H2,1H3,(H,25,26)/b5-4+,9-7+,10-8+,16-12-,17-14+. The molecule has 4 heteroatoms. The SMILES string of the molecule is CCCCCC(O)/C=C/CC(O)\C=C/C=C/C=C/C/C=C/CCC(=O)O. The van der Waals surface area contributed by atoms with Gasteiger partial charge in [-0.15, -0.1) is 0 Å². The van der Waals surface area contributed by atoms with Gasteiger partial charge >= 0.3 is 5.97 Å². The number of unbranched alkanes of at least 4 members (excludes halogenated alkanes) is 2. The van der Waals surface area contributed by atoms with E-state index in [0.717, 1.165) is 32.1 Å². The van der Waals surface area contributed by atoms with Gasteiger partial charge in [0.2, 0.25) is 0 Å². The van der Waals surface area contributed by atoms with Crippen LogP contribution >= 0.6 is 0 Å². The molecule has 26 heavy (non-hydrogen) atoms. The van der Waals surface area contributed by atoms with Crippen molar-refractivity contribution in [1.82, 2.24) is 0 Å². The molecule has 0 saturated heterocycles. The van der Waals surface area contributed by atoms with Crippen LogP contribution in [-0.2, 0) is 4.79 Å². The highest BCUT2D eigenvalue weighted by molar-refractivity contribution is 5.66. The number of hydrogen-bond acceptors (Lipinski definition) is 3. The second-order valence-electron chi connectivity index (χ2n) is 6.13. The smallest absolute Gasteiger partial charge is 0.303 e. The summed E-state index contributed by atoms with van der Waals surface area (Å²) in [5, 5.41) is 28.0. The van der Waals surface area contributed by atoms with Gasteiger partial charge in [0.1, 0.15) is 0 Å². The average Bonchev–Trinajstić information content (AvgIpc) is 2.59. The first-order valence-corrected chi connectivity index (χ1v) is 9.45. The highest BCUT2D eigenvalue weighted by Gasteiger charge is 1.99. The normalized spacial score (nSPS) is 15.2. The first-order chi connectivity index (χ1) is 12.6. The number of carboxylic acid groups (broad SMARTS) is 1. The molecule has 0 aliphatic heterocycles. The van der Waals surface area contributed by atoms with Gasteiger partial charge in [-0.25, -0.2) is 0 Å². The minimum atomic E-state index is -0.777. The van der Waals surface area contributed by atoms with Gasteiger partial charge < -0.3 is 15.3 Å². The van der Waals surface area contributed by atoms with Gasteiger partial charge in [-0.3, -0.25) is 4.79 Å². The van der Waals surface area contributed by atoms with E-state index in [9.17, 15) is 15.0 Å². The monoisotopic (exact) mass is 362 g/mol. The lowest BCUT2D eigenvalue weighted by atomic mass is 10.1. The third kappa shape index (κ3) is 18.4. The first-order valence-electron chi connectivity index (χ1n) is 9.45. The molecule has 0 aromatic carbocycles. The van der Waals surface area contributed by atoms with Crippen molar-refractivity contribution in [2.45, 2.75) is 70.5 Å². The zero-order valence-corrected chi connectivity index (χ0v) is 15.8. The van der Waals surface area contributed by atoms with Gasteiger partial charge in [-0.05, 0) is 25.7 Å². The van der Waals surface area contributed by atoms with Gasteiger partial charge in [-0.1, -0.05) is 86.9 Å². The molecule has 0 aliphatic rings. The van der Waals surface area contributed by atoms with Crippen molar-refractivity contribution >= 4 is 5.97 Å². The molecule has 0 amide bonds. The van der Waals surface area contributed by atoms with Crippen LogP contribution in [0, 0.1) is 0 Å². The van der Waals surface area contributed by atoms with Crippen molar-refractivity contribution < 1.29 is 20.1 Å². The van der Waals surface area contributed by atoms with Crippen LogP contribution in [0.2, 0.25) is 0 Å². The Labute approximate surface area is 157 Å². The van der Waals surface area contributed by atoms with Crippen LogP contribution in [0.25, 0.3) is 0 Å². The Hall–Kier alpha value is -1.91. The third-order valence-electron chi connectivity index (χ3n) is 3.61. The number of aliphatic hydroxyl groups is 2. The van der Waals surface area contributed by atoms with Crippen molar-refractivity contribution in [3.63, 3.8) is 0 Å². The van der Waals surface area contributed by atoms with Crippen LogP contribution in [0.5, 0.6) is 0 Å². The molecule has 0 radical (unpaired) electrons. The number of carbonyl (C=O) groups is 1. The quantitative estimate of drug-likeness (QED) is 0.224. The predicted octanol–water partition coefficient (Wildman–Crippen LogP) is 4.71. The largest absolute Gasteiger partial charge is 0.481 e. The lowest BCUT2D eigenvalue weighted by molar-refractivity contribution is -0.136. The fraction of sp³-hybridized carbons (Fsp3) is 0.500. The molecule has 0 bridgehead atoms. The Bertz CT molecular complexity index is 486. The van der Waals surface area contributed by atoms with Crippen LogP contribution < -0.4 is 0 Å². The fourth-order valence-electron chi connectivity index (χ4n) is 2.13. The Morgan fingerprint density at radius 3 is 2.38 bits per heavy atom. The molecule has 4 nitrogen and oxygen atoms in total. The molecule has 0 aromatic heterocycles. The van der Waals surface area contributed by atoms with E-state index in [-0.39, 0.29) is 6.42 Å². The van der Waals surface area contributed by atoms with Crippen LogP contribution in [-0.4, -0.2) is 33.5 Å². The van der Waals surface area contributed by atoms with Crippen molar-refractivity contribution in [1.29, 1.82) is 0 Å². The van der Waals surface area contributed by atoms with Crippen molar-refractivity contribution in [3.8, 4) is 0 Å². The Morgan fingerprint density at radius 2 is 1.65 bits per heavy atom. The van der Waals surface area contributed by atoms with Crippen LogP contribution in [0.1, 0.15) is 58.3 Å². The maximum absolute atomic E-state index is 10.3. The minimum Gasteiger partial charge on any atom is -0.481 e. The molecule has 0 spiro atoms. The molecule has 0 aliphatic carbocycles. The fourth-order valence-corrected chi connectivity index (χ4v) is 2.13. The van der Waals surface area contributed by atoms with Crippen LogP contribution in [0.15, 0.2) is 60.8 Å². The lowest BCUT2D eigenvalue weighted by Gasteiger charge is -2.05. The van der Waals surface area contributed by atoms with Gasteiger partial charge in [0.05, 0.1) is 12.2 Å². The maximum Gasteiger partial charge on any atom is 0.303 e. The predicted molar refractivity (Wildman–Crippen MR) is 108 cm³/mol. The molecule has 0 fully saturated rings. The van der Waals surface area contributed by atoms with Gasteiger partial charge in [0, 0.05) is 6.42 Å². The van der Waals surface area contributed by atoms with E-state index in [1.165, 1.54) is 0 Å². The topological polar surface area (TPSA) is 77.8 Å². The third-order valence-corrected chi connectivity index (χ3v) is 3.61. The van der Waals surface area contributed by atoms with Gasteiger partial charge in [0.15, 0.2) is 0 Å². The summed E-state index contributed by atoms with van der Waals surface area (Å²) < 4.78 is 0. The molecule has 0 heterocycles. The van der Waals surface area contributed by atoms with Gasteiger partial charge in [0.25, 0.3) is 0 Å². The number of aliphatic hydroxyl groups excluding tert-OH is 2. The zero-order chi connectivity index (χ0) is 19.5. The number of hydrogen-bond donors (Lipinski definition) is 3. The highest BCUT2D eigenvalue weighted by atomic mass is 16.4. The molecule has 0 rings (SSSR count). The van der Waals surface area contributed by atoms with E-state index >= 15 is 0 Å². The van der Waals surface area contributed by atoms with E-state index in [1.807, 2.05) is 42.5 Å². The Kier molecular flexibility index (Phi) is 16.6. The second-order valence-corrected chi connectivity index (χ2v) is 6.13. The van der Waals surface area contributed by atoms with E-state index in [0.29, 0.717) is 12.8 Å². The van der Waals surface area contributed by atoms with E-state index in [4.69, 9.17) is 5.11 Å². The summed E-state index contributed by atoms with van der Waals surface area (Å²) >= 11 is 0. The molecule has 2 atom stereocenters. The molecular weight excluding hydrogens is 328 g/mol. The summed E-state index contributed by atoms with van der Waals surface area (Å²) in [6.07, 6.45) is 23.6. The van der Waals surface area contributed by atoms with Crippen LogP contribution in [0.3, 0.4) is 0 Å². The van der Waals surface area contributed by atoms with Crippen LogP contribution in [0.4, 0.5) is 0 Å². The van der Waals surface area contributed by atoms with Crippen molar-refractivity contribution in [2.24, 2.45) is 0 Å². The maximum atomic E-state index is 10.3.